The lowest BCUT2D eigenvalue weighted by Gasteiger charge is -2.37. The Morgan fingerprint density at radius 1 is 1.37 bits per heavy atom. The van der Waals surface area contributed by atoms with Crippen molar-refractivity contribution >= 4 is 0 Å². The monoisotopic (exact) mass is 267 g/mol. The van der Waals surface area contributed by atoms with Crippen molar-refractivity contribution in [3.8, 4) is 5.75 Å². The number of rotatable bonds is 5. The molecule has 3 nitrogen and oxygen atoms in total. The Hall–Kier alpha value is -1.13. The fourth-order valence-electron chi connectivity index (χ4n) is 2.85. The maximum Gasteiger partial charge on any atom is 0.165 e. The second kappa shape index (κ2) is 6.35. The first kappa shape index (κ1) is 14.3. The lowest BCUT2D eigenvalue weighted by molar-refractivity contribution is 0.0158. The summed E-state index contributed by atoms with van der Waals surface area (Å²) in [5.41, 5.74) is 1.20. The molecule has 1 aromatic rings. The van der Waals surface area contributed by atoms with Crippen LogP contribution in [0.5, 0.6) is 5.75 Å². The highest BCUT2D eigenvalue weighted by molar-refractivity contribution is 5.30. The lowest BCUT2D eigenvalue weighted by atomic mass is 9.75. The largest absolute Gasteiger partial charge is 0.494 e. The molecule has 0 radical (unpaired) electrons. The summed E-state index contributed by atoms with van der Waals surface area (Å²) < 4.78 is 24.2. The summed E-state index contributed by atoms with van der Waals surface area (Å²) in [6, 6.07) is 5.25. The average molecular weight is 267 g/mol. The van der Waals surface area contributed by atoms with Crippen LogP contribution in [0.15, 0.2) is 18.2 Å². The molecule has 19 heavy (non-hydrogen) atoms. The number of methoxy groups -OCH3 is 1. The minimum Gasteiger partial charge on any atom is -0.494 e. The summed E-state index contributed by atoms with van der Waals surface area (Å²) in [7, 11) is 3.45. The van der Waals surface area contributed by atoms with Gasteiger partial charge in [0.05, 0.1) is 7.11 Å². The Labute approximate surface area is 114 Å². The van der Waals surface area contributed by atoms with Gasteiger partial charge in [0.25, 0.3) is 0 Å². The molecule has 1 aliphatic rings. The second-order valence-electron chi connectivity index (χ2n) is 5.29. The van der Waals surface area contributed by atoms with Gasteiger partial charge in [0.2, 0.25) is 0 Å². The molecule has 1 saturated heterocycles. The number of halogens is 1. The molecule has 0 amide bonds. The van der Waals surface area contributed by atoms with Crippen molar-refractivity contribution in [1.29, 1.82) is 0 Å². The molecule has 0 spiro atoms. The first-order valence-corrected chi connectivity index (χ1v) is 6.74. The van der Waals surface area contributed by atoms with Gasteiger partial charge in [-0.2, -0.15) is 0 Å². The number of benzene rings is 1. The van der Waals surface area contributed by atoms with Crippen LogP contribution in [0.25, 0.3) is 0 Å². The molecule has 106 valence electrons. The number of hydrogen-bond donors (Lipinski definition) is 1. The molecule has 0 atom stereocenters. The van der Waals surface area contributed by atoms with Gasteiger partial charge in [-0.1, -0.05) is 6.07 Å². The zero-order valence-electron chi connectivity index (χ0n) is 11.7. The molecule has 2 rings (SSSR count). The van der Waals surface area contributed by atoms with E-state index in [1.54, 1.807) is 12.1 Å². The van der Waals surface area contributed by atoms with E-state index < -0.39 is 0 Å². The second-order valence-corrected chi connectivity index (χ2v) is 5.29. The van der Waals surface area contributed by atoms with Crippen molar-refractivity contribution in [2.24, 2.45) is 5.41 Å². The van der Waals surface area contributed by atoms with Gasteiger partial charge in [-0.3, -0.25) is 0 Å². The van der Waals surface area contributed by atoms with E-state index in [9.17, 15) is 4.39 Å². The van der Waals surface area contributed by atoms with Crippen LogP contribution in [0.4, 0.5) is 4.39 Å². The minimum absolute atomic E-state index is 0.175. The molecular formula is C15H22FNO2. The summed E-state index contributed by atoms with van der Waals surface area (Å²) in [5, 5.41) is 3.26. The molecule has 0 aliphatic carbocycles. The van der Waals surface area contributed by atoms with Crippen molar-refractivity contribution in [2.45, 2.75) is 19.3 Å². The minimum atomic E-state index is -0.285. The predicted molar refractivity (Wildman–Crippen MR) is 73.1 cm³/mol. The molecule has 1 aliphatic heterocycles. The van der Waals surface area contributed by atoms with Crippen LogP contribution in [-0.4, -0.2) is 33.9 Å². The SMILES string of the molecule is CNCC1(Cc2ccc(OC)c(F)c2)CCOCC1. The van der Waals surface area contributed by atoms with E-state index >= 15 is 0 Å². The van der Waals surface area contributed by atoms with Crippen molar-refractivity contribution in [1.82, 2.24) is 5.32 Å². The summed E-state index contributed by atoms with van der Waals surface area (Å²) in [4.78, 5) is 0. The fourth-order valence-corrected chi connectivity index (χ4v) is 2.85. The van der Waals surface area contributed by atoms with E-state index in [0.717, 1.165) is 44.6 Å². The van der Waals surface area contributed by atoms with Crippen LogP contribution in [0.1, 0.15) is 18.4 Å². The highest BCUT2D eigenvalue weighted by Crippen LogP contribution is 2.34. The molecule has 0 unspecified atom stereocenters. The number of nitrogens with one attached hydrogen (secondary N) is 1. The summed E-state index contributed by atoms with van der Waals surface area (Å²) in [6.07, 6.45) is 2.90. The predicted octanol–water partition coefficient (Wildman–Crippen LogP) is 2.39. The molecule has 1 heterocycles. The van der Waals surface area contributed by atoms with Crippen molar-refractivity contribution in [3.63, 3.8) is 0 Å². The summed E-state index contributed by atoms with van der Waals surface area (Å²) in [6.45, 7) is 2.52. The third kappa shape index (κ3) is 3.45. The van der Waals surface area contributed by atoms with Crippen molar-refractivity contribution in [2.75, 3.05) is 33.9 Å². The fraction of sp³-hybridized carbons (Fsp3) is 0.600. The molecule has 1 fully saturated rings. The zero-order valence-corrected chi connectivity index (χ0v) is 11.7. The maximum atomic E-state index is 13.7. The molecule has 4 heteroatoms. The average Bonchev–Trinajstić information content (AvgIpc) is 2.40. The Morgan fingerprint density at radius 2 is 2.11 bits per heavy atom. The third-order valence-electron chi connectivity index (χ3n) is 3.90. The van der Waals surface area contributed by atoms with E-state index in [1.165, 1.54) is 7.11 Å². The smallest absolute Gasteiger partial charge is 0.165 e. The standard InChI is InChI=1S/C15H22FNO2/c1-17-11-15(5-7-19-8-6-15)10-12-3-4-14(18-2)13(16)9-12/h3-4,9,17H,5-8,10-11H2,1-2H3. The van der Waals surface area contributed by atoms with Crippen LogP contribution in [-0.2, 0) is 11.2 Å². The topological polar surface area (TPSA) is 30.5 Å². The van der Waals surface area contributed by atoms with Gasteiger partial charge in [0.1, 0.15) is 0 Å². The normalized spacial score (nSPS) is 18.3. The highest BCUT2D eigenvalue weighted by Gasteiger charge is 2.32. The lowest BCUT2D eigenvalue weighted by Crippen LogP contribution is -2.39. The van der Waals surface area contributed by atoms with Gasteiger partial charge in [0.15, 0.2) is 11.6 Å². The Morgan fingerprint density at radius 3 is 2.68 bits per heavy atom. The van der Waals surface area contributed by atoms with E-state index in [0.29, 0.717) is 5.75 Å². The maximum absolute atomic E-state index is 13.7. The molecule has 1 N–H and O–H groups in total. The van der Waals surface area contributed by atoms with Crippen LogP contribution in [0, 0.1) is 11.2 Å². The molecular weight excluding hydrogens is 245 g/mol. The van der Waals surface area contributed by atoms with Crippen LogP contribution in [0.3, 0.4) is 0 Å². The van der Waals surface area contributed by atoms with Crippen LogP contribution >= 0.6 is 0 Å². The summed E-state index contributed by atoms with van der Waals surface area (Å²) in [5.74, 6) is 0.0186. The molecule has 0 bridgehead atoms. The van der Waals surface area contributed by atoms with Gasteiger partial charge in [-0.25, -0.2) is 4.39 Å². The molecule has 1 aromatic carbocycles. The molecule has 0 saturated carbocycles. The van der Waals surface area contributed by atoms with Gasteiger partial charge < -0.3 is 14.8 Å². The van der Waals surface area contributed by atoms with Crippen molar-refractivity contribution < 1.29 is 13.9 Å². The Balaban J connectivity index is 2.14. The highest BCUT2D eigenvalue weighted by atomic mass is 19.1. The number of ether oxygens (including phenoxy) is 2. The zero-order chi connectivity index (χ0) is 13.7. The van der Waals surface area contributed by atoms with Gasteiger partial charge in [0, 0.05) is 19.8 Å². The van der Waals surface area contributed by atoms with Gasteiger partial charge >= 0.3 is 0 Å². The van der Waals surface area contributed by atoms with Crippen molar-refractivity contribution in [3.05, 3.63) is 29.6 Å². The van der Waals surface area contributed by atoms with Crippen LogP contribution in [0.2, 0.25) is 0 Å². The van der Waals surface area contributed by atoms with Crippen LogP contribution < -0.4 is 10.1 Å². The first-order chi connectivity index (χ1) is 9.19. The summed E-state index contributed by atoms with van der Waals surface area (Å²) >= 11 is 0. The number of hydrogen-bond acceptors (Lipinski definition) is 3. The van der Waals surface area contributed by atoms with Gasteiger partial charge in [-0.05, 0) is 49.4 Å². The molecule has 0 aromatic heterocycles. The quantitative estimate of drug-likeness (QED) is 0.888. The Kier molecular flexibility index (Phi) is 4.77. The van der Waals surface area contributed by atoms with E-state index in [-0.39, 0.29) is 11.2 Å². The van der Waals surface area contributed by atoms with E-state index in [2.05, 4.69) is 5.32 Å². The first-order valence-electron chi connectivity index (χ1n) is 6.74. The third-order valence-corrected chi connectivity index (χ3v) is 3.90. The van der Waals surface area contributed by atoms with E-state index in [4.69, 9.17) is 9.47 Å². The Bertz CT molecular complexity index is 411. The van der Waals surface area contributed by atoms with Gasteiger partial charge in [-0.15, -0.1) is 0 Å². The van der Waals surface area contributed by atoms with E-state index in [1.807, 2.05) is 13.1 Å².